The van der Waals surface area contributed by atoms with Gasteiger partial charge in [-0.1, -0.05) is 0 Å². The van der Waals surface area contributed by atoms with Gasteiger partial charge >= 0.3 is 51.4 Å². The van der Waals surface area contributed by atoms with E-state index in [9.17, 15) is 4.79 Å². The van der Waals surface area contributed by atoms with Crippen molar-refractivity contribution in [2.75, 3.05) is 12.4 Å². The van der Waals surface area contributed by atoms with Crippen LogP contribution in [0.3, 0.4) is 0 Å². The SMILES string of the molecule is COc1ccc(NC=O)cc1.[KH]. The van der Waals surface area contributed by atoms with Gasteiger partial charge in [0.05, 0.1) is 7.11 Å². The summed E-state index contributed by atoms with van der Waals surface area (Å²) in [6.45, 7) is 0. The first-order valence-corrected chi connectivity index (χ1v) is 3.21. The zero-order valence-corrected chi connectivity index (χ0v) is 6.20. The van der Waals surface area contributed by atoms with Crippen LogP contribution in [0.4, 0.5) is 5.69 Å². The second-order valence-electron chi connectivity index (χ2n) is 1.99. The summed E-state index contributed by atoms with van der Waals surface area (Å²) in [5.41, 5.74) is 0.765. The summed E-state index contributed by atoms with van der Waals surface area (Å²) in [6.07, 6.45) is 0.641. The fourth-order valence-corrected chi connectivity index (χ4v) is 0.755. The molecule has 0 radical (unpaired) electrons. The van der Waals surface area contributed by atoms with E-state index in [2.05, 4.69) is 5.32 Å². The fraction of sp³-hybridized carbons (Fsp3) is 0.125. The summed E-state index contributed by atoms with van der Waals surface area (Å²) < 4.78 is 4.93. The minimum absolute atomic E-state index is 0. The molecule has 3 nitrogen and oxygen atoms in total. The maximum absolute atomic E-state index is 9.99. The first-order valence-electron chi connectivity index (χ1n) is 3.21. The molecule has 0 aliphatic carbocycles. The molecule has 0 heterocycles. The van der Waals surface area contributed by atoms with Crippen molar-refractivity contribution < 1.29 is 9.53 Å². The molecule has 0 aromatic heterocycles. The van der Waals surface area contributed by atoms with Crippen LogP contribution in [-0.4, -0.2) is 64.9 Å². The van der Waals surface area contributed by atoms with E-state index in [1.165, 1.54) is 0 Å². The normalized spacial score (nSPS) is 8.08. The summed E-state index contributed by atoms with van der Waals surface area (Å²) in [6, 6.07) is 7.11. The summed E-state index contributed by atoms with van der Waals surface area (Å²) in [4.78, 5) is 9.99. The average molecular weight is 191 g/mol. The second-order valence-corrected chi connectivity index (χ2v) is 1.99. The standard InChI is InChI=1S/C8H9NO2.K.H/c1-11-8-4-2-7(3-5-8)9-6-10;;/h2-6H,1H3,(H,9,10);;. The summed E-state index contributed by atoms with van der Waals surface area (Å²) in [5.74, 6) is 0.779. The van der Waals surface area contributed by atoms with Crippen LogP contribution in [0.1, 0.15) is 0 Å². The Bertz CT molecular complexity index is 235. The number of methoxy groups -OCH3 is 1. The molecule has 0 bridgehead atoms. The first kappa shape index (κ1) is 12.1. The van der Waals surface area contributed by atoms with Gasteiger partial charge in [-0.2, -0.15) is 0 Å². The number of hydrogen-bond donors (Lipinski definition) is 1. The van der Waals surface area contributed by atoms with Gasteiger partial charge in [0.1, 0.15) is 5.75 Å². The molecule has 0 unspecified atom stereocenters. The minimum atomic E-state index is 0. The van der Waals surface area contributed by atoms with E-state index in [4.69, 9.17) is 4.74 Å². The van der Waals surface area contributed by atoms with Crippen LogP contribution in [-0.2, 0) is 4.79 Å². The van der Waals surface area contributed by atoms with Gasteiger partial charge in [-0.3, -0.25) is 4.79 Å². The predicted molar refractivity (Wildman–Crippen MR) is 49.8 cm³/mol. The monoisotopic (exact) mass is 191 g/mol. The molecule has 1 amide bonds. The molecule has 12 heavy (non-hydrogen) atoms. The molecule has 1 aromatic rings. The number of hydrogen-bond acceptors (Lipinski definition) is 2. The molecular weight excluding hydrogens is 181 g/mol. The van der Waals surface area contributed by atoms with Crippen molar-refractivity contribution in [1.29, 1.82) is 0 Å². The number of nitrogens with one attached hydrogen (secondary N) is 1. The molecule has 0 saturated heterocycles. The van der Waals surface area contributed by atoms with Crippen molar-refractivity contribution >= 4 is 63.5 Å². The molecule has 0 saturated carbocycles. The van der Waals surface area contributed by atoms with Gasteiger partial charge in [-0.05, 0) is 24.3 Å². The van der Waals surface area contributed by atoms with Crippen LogP contribution in [0.5, 0.6) is 5.75 Å². The van der Waals surface area contributed by atoms with Gasteiger partial charge < -0.3 is 10.1 Å². The third-order valence-electron chi connectivity index (χ3n) is 1.32. The summed E-state index contributed by atoms with van der Waals surface area (Å²) in [5, 5.41) is 2.52. The zero-order chi connectivity index (χ0) is 8.10. The number of rotatable bonds is 3. The maximum atomic E-state index is 9.99. The van der Waals surface area contributed by atoms with E-state index in [-0.39, 0.29) is 51.4 Å². The predicted octanol–water partition coefficient (Wildman–Crippen LogP) is 0.615. The van der Waals surface area contributed by atoms with Crippen LogP contribution < -0.4 is 10.1 Å². The molecule has 1 rings (SSSR count). The number of carbonyl (C=O) groups is 1. The molecule has 0 atom stereocenters. The Morgan fingerprint density at radius 3 is 2.33 bits per heavy atom. The molecule has 4 heteroatoms. The quantitative estimate of drug-likeness (QED) is 0.561. The van der Waals surface area contributed by atoms with Gasteiger partial charge in [0.2, 0.25) is 6.41 Å². The Morgan fingerprint density at radius 1 is 1.33 bits per heavy atom. The van der Waals surface area contributed by atoms with Crippen LogP contribution in [0.15, 0.2) is 24.3 Å². The Balaban J connectivity index is 0.00000121. The van der Waals surface area contributed by atoms with Crippen molar-refractivity contribution in [3.63, 3.8) is 0 Å². The van der Waals surface area contributed by atoms with E-state index < -0.39 is 0 Å². The Kier molecular flexibility index (Phi) is 6.69. The summed E-state index contributed by atoms with van der Waals surface area (Å²) >= 11 is 0. The van der Waals surface area contributed by atoms with E-state index in [1.807, 2.05) is 0 Å². The van der Waals surface area contributed by atoms with Crippen molar-refractivity contribution in [3.05, 3.63) is 24.3 Å². The Morgan fingerprint density at radius 2 is 1.92 bits per heavy atom. The summed E-state index contributed by atoms with van der Waals surface area (Å²) in [7, 11) is 1.60. The van der Waals surface area contributed by atoms with Gasteiger partial charge in [0.15, 0.2) is 0 Å². The van der Waals surface area contributed by atoms with Gasteiger partial charge in [-0.25, -0.2) is 0 Å². The number of carbonyl (C=O) groups excluding carboxylic acids is 1. The van der Waals surface area contributed by atoms with Crippen LogP contribution in [0.25, 0.3) is 0 Å². The molecule has 0 spiro atoms. The van der Waals surface area contributed by atoms with Crippen molar-refractivity contribution in [2.24, 2.45) is 0 Å². The number of amides is 1. The van der Waals surface area contributed by atoms with Crippen LogP contribution in [0.2, 0.25) is 0 Å². The third-order valence-corrected chi connectivity index (χ3v) is 1.32. The number of anilines is 1. The number of benzene rings is 1. The van der Waals surface area contributed by atoms with Crippen LogP contribution in [0, 0.1) is 0 Å². The molecule has 1 N–H and O–H groups in total. The van der Waals surface area contributed by atoms with Crippen molar-refractivity contribution in [2.45, 2.75) is 0 Å². The molecule has 0 fully saturated rings. The van der Waals surface area contributed by atoms with Gasteiger partial charge in [-0.15, -0.1) is 0 Å². The molecule has 0 aliphatic rings. The molecule has 1 aromatic carbocycles. The molecule has 0 aliphatic heterocycles. The van der Waals surface area contributed by atoms with Gasteiger partial charge in [0.25, 0.3) is 0 Å². The Labute approximate surface area is 114 Å². The van der Waals surface area contributed by atoms with Crippen LogP contribution >= 0.6 is 0 Å². The van der Waals surface area contributed by atoms with E-state index in [0.29, 0.717) is 6.41 Å². The third kappa shape index (κ3) is 3.69. The van der Waals surface area contributed by atoms with E-state index >= 15 is 0 Å². The van der Waals surface area contributed by atoms with Crippen molar-refractivity contribution in [3.8, 4) is 5.75 Å². The van der Waals surface area contributed by atoms with E-state index in [1.54, 1.807) is 31.4 Å². The topological polar surface area (TPSA) is 38.3 Å². The number of ether oxygens (including phenoxy) is 1. The molecular formula is C8H10KNO2. The average Bonchev–Trinajstić information content (AvgIpc) is 2.07. The molecule has 60 valence electrons. The van der Waals surface area contributed by atoms with E-state index in [0.717, 1.165) is 11.4 Å². The van der Waals surface area contributed by atoms with Gasteiger partial charge in [0, 0.05) is 5.69 Å². The first-order chi connectivity index (χ1) is 5.36. The van der Waals surface area contributed by atoms with Crippen molar-refractivity contribution in [1.82, 2.24) is 0 Å². The fourth-order valence-electron chi connectivity index (χ4n) is 0.755. The second kappa shape index (κ2) is 6.62. The zero-order valence-electron chi connectivity index (χ0n) is 6.20. The Hall–Kier alpha value is 0.126.